The molecule has 2 aromatic heterocycles. The molecule has 1 N–H and O–H groups in total. The van der Waals surface area contributed by atoms with Crippen molar-refractivity contribution in [2.45, 2.75) is 31.6 Å². The number of carbonyl (C=O) groups excluding carboxylic acids is 1. The maximum absolute atomic E-state index is 13.7. The normalized spacial score (nSPS) is 17.6. The fraction of sp³-hybridized carbons (Fsp3) is 0.350. The first-order chi connectivity index (χ1) is 12.7. The van der Waals surface area contributed by atoms with Gasteiger partial charge < -0.3 is 4.90 Å². The molecule has 1 amide bonds. The van der Waals surface area contributed by atoms with Gasteiger partial charge in [-0.05, 0) is 43.0 Å². The van der Waals surface area contributed by atoms with Gasteiger partial charge in [0.1, 0.15) is 5.82 Å². The SMILES string of the molecule is O=C(CCc1ccccc1F)N1CCCC(c2ccc3cn[nH]c3n2)C1. The highest BCUT2D eigenvalue weighted by atomic mass is 19.1. The largest absolute Gasteiger partial charge is 0.342 e. The molecule has 4 rings (SSSR count). The molecule has 1 unspecified atom stereocenters. The van der Waals surface area contributed by atoms with E-state index in [4.69, 9.17) is 0 Å². The number of fused-ring (bicyclic) bond motifs is 1. The van der Waals surface area contributed by atoms with Gasteiger partial charge in [0.2, 0.25) is 5.91 Å². The van der Waals surface area contributed by atoms with Crippen LogP contribution in [0.15, 0.2) is 42.6 Å². The molecule has 3 aromatic rings. The van der Waals surface area contributed by atoms with E-state index in [1.54, 1.807) is 24.4 Å². The molecule has 3 heterocycles. The monoisotopic (exact) mass is 352 g/mol. The molecule has 1 aliphatic rings. The first-order valence-electron chi connectivity index (χ1n) is 9.02. The van der Waals surface area contributed by atoms with Crippen molar-refractivity contribution in [1.82, 2.24) is 20.1 Å². The Bertz CT molecular complexity index is 923. The van der Waals surface area contributed by atoms with Crippen LogP contribution in [0, 0.1) is 5.82 Å². The van der Waals surface area contributed by atoms with Crippen LogP contribution in [0.2, 0.25) is 0 Å². The van der Waals surface area contributed by atoms with Crippen molar-refractivity contribution in [3.05, 3.63) is 59.7 Å². The van der Waals surface area contributed by atoms with E-state index in [2.05, 4.69) is 15.2 Å². The van der Waals surface area contributed by atoms with E-state index in [1.807, 2.05) is 17.0 Å². The van der Waals surface area contributed by atoms with Gasteiger partial charge in [0.15, 0.2) is 5.65 Å². The molecule has 0 aliphatic carbocycles. The summed E-state index contributed by atoms with van der Waals surface area (Å²) in [6.07, 6.45) is 4.50. The molecule has 6 heteroatoms. The van der Waals surface area contributed by atoms with Crippen LogP contribution in [0.25, 0.3) is 11.0 Å². The van der Waals surface area contributed by atoms with E-state index in [-0.39, 0.29) is 17.6 Å². The van der Waals surface area contributed by atoms with Gasteiger partial charge in [-0.1, -0.05) is 18.2 Å². The summed E-state index contributed by atoms with van der Waals surface area (Å²) < 4.78 is 13.7. The number of aromatic nitrogens is 3. The second-order valence-electron chi connectivity index (χ2n) is 6.81. The Labute approximate surface area is 151 Å². The van der Waals surface area contributed by atoms with Crippen LogP contribution >= 0.6 is 0 Å². The van der Waals surface area contributed by atoms with E-state index in [0.717, 1.165) is 36.1 Å². The summed E-state index contributed by atoms with van der Waals surface area (Å²) in [5.74, 6) is 0.0725. The average molecular weight is 352 g/mol. The number of halogens is 1. The van der Waals surface area contributed by atoms with Crippen LogP contribution in [0.4, 0.5) is 4.39 Å². The lowest BCUT2D eigenvalue weighted by molar-refractivity contribution is -0.132. The first kappa shape index (κ1) is 16.7. The van der Waals surface area contributed by atoms with Gasteiger partial charge in [-0.3, -0.25) is 9.89 Å². The Morgan fingerprint density at radius 1 is 1.27 bits per heavy atom. The fourth-order valence-corrected chi connectivity index (χ4v) is 3.62. The lowest BCUT2D eigenvalue weighted by Gasteiger charge is -2.32. The third-order valence-corrected chi connectivity index (χ3v) is 5.08. The third kappa shape index (κ3) is 3.45. The van der Waals surface area contributed by atoms with Gasteiger partial charge in [0.25, 0.3) is 0 Å². The number of carbonyl (C=O) groups is 1. The number of hydrogen-bond donors (Lipinski definition) is 1. The Balaban J connectivity index is 1.41. The fourth-order valence-electron chi connectivity index (χ4n) is 3.62. The molecule has 1 aliphatic heterocycles. The van der Waals surface area contributed by atoms with Crippen LogP contribution in [-0.4, -0.2) is 39.1 Å². The summed E-state index contributed by atoms with van der Waals surface area (Å²) in [5.41, 5.74) is 2.37. The number of benzene rings is 1. The number of nitrogens with one attached hydrogen (secondary N) is 1. The molecule has 134 valence electrons. The summed E-state index contributed by atoms with van der Waals surface area (Å²) in [6, 6.07) is 10.7. The summed E-state index contributed by atoms with van der Waals surface area (Å²) in [7, 11) is 0. The Hall–Kier alpha value is -2.76. The Kier molecular flexibility index (Phi) is 4.65. The van der Waals surface area contributed by atoms with Crippen LogP contribution in [0.1, 0.15) is 36.4 Å². The summed E-state index contributed by atoms with van der Waals surface area (Å²) >= 11 is 0. The van der Waals surface area contributed by atoms with Crippen LogP contribution < -0.4 is 0 Å². The molecule has 0 radical (unpaired) electrons. The van der Waals surface area contributed by atoms with Crippen molar-refractivity contribution in [1.29, 1.82) is 0 Å². The highest BCUT2D eigenvalue weighted by Crippen LogP contribution is 2.27. The molecule has 0 spiro atoms. The highest BCUT2D eigenvalue weighted by molar-refractivity contribution is 5.77. The molecule has 26 heavy (non-hydrogen) atoms. The number of aromatic amines is 1. The average Bonchev–Trinajstić information content (AvgIpc) is 3.15. The molecule has 1 atom stereocenters. The minimum Gasteiger partial charge on any atom is -0.342 e. The number of H-pyrrole nitrogens is 1. The number of amides is 1. The molecular formula is C20H21FN4O. The number of likely N-dealkylation sites (tertiary alicyclic amines) is 1. The minimum absolute atomic E-state index is 0.0839. The second kappa shape index (κ2) is 7.23. The molecule has 5 nitrogen and oxygen atoms in total. The molecule has 0 bridgehead atoms. The highest BCUT2D eigenvalue weighted by Gasteiger charge is 2.25. The van der Waals surface area contributed by atoms with E-state index in [9.17, 15) is 9.18 Å². The summed E-state index contributed by atoms with van der Waals surface area (Å²) in [4.78, 5) is 19.1. The molecule has 1 aromatic carbocycles. The standard InChI is InChI=1S/C20H21FN4O/c21-17-6-2-1-4-14(17)8-10-19(26)25-11-3-5-16(13-25)18-9-7-15-12-22-24-20(15)23-18/h1-2,4,6-7,9,12,16H,3,5,8,10-11,13H2,(H,22,23,24). The van der Waals surface area contributed by atoms with Crippen molar-refractivity contribution in [3.63, 3.8) is 0 Å². The summed E-state index contributed by atoms with van der Waals surface area (Å²) in [6.45, 7) is 1.43. The van der Waals surface area contributed by atoms with Crippen molar-refractivity contribution >= 4 is 16.9 Å². The minimum atomic E-state index is -0.242. The number of pyridine rings is 1. The lowest BCUT2D eigenvalue weighted by atomic mass is 9.93. The number of piperidine rings is 1. The van der Waals surface area contributed by atoms with Crippen molar-refractivity contribution in [2.75, 3.05) is 13.1 Å². The van der Waals surface area contributed by atoms with Crippen LogP contribution in [-0.2, 0) is 11.2 Å². The van der Waals surface area contributed by atoms with E-state index >= 15 is 0 Å². The zero-order valence-corrected chi connectivity index (χ0v) is 14.5. The predicted molar refractivity (Wildman–Crippen MR) is 97.2 cm³/mol. The predicted octanol–water partition coefficient (Wildman–Crippen LogP) is 3.44. The van der Waals surface area contributed by atoms with Crippen molar-refractivity contribution < 1.29 is 9.18 Å². The maximum atomic E-state index is 13.7. The van der Waals surface area contributed by atoms with E-state index < -0.39 is 0 Å². The lowest BCUT2D eigenvalue weighted by Crippen LogP contribution is -2.39. The maximum Gasteiger partial charge on any atom is 0.222 e. The van der Waals surface area contributed by atoms with Gasteiger partial charge in [0, 0.05) is 36.5 Å². The zero-order valence-electron chi connectivity index (χ0n) is 14.5. The quantitative estimate of drug-likeness (QED) is 0.782. The smallest absolute Gasteiger partial charge is 0.222 e. The van der Waals surface area contributed by atoms with Gasteiger partial charge in [-0.15, -0.1) is 0 Å². The van der Waals surface area contributed by atoms with E-state index in [1.165, 1.54) is 6.07 Å². The Morgan fingerprint density at radius 3 is 3.04 bits per heavy atom. The molecule has 1 fully saturated rings. The number of hydrogen-bond acceptors (Lipinski definition) is 3. The number of aryl methyl sites for hydroxylation is 1. The molecular weight excluding hydrogens is 331 g/mol. The van der Waals surface area contributed by atoms with Gasteiger partial charge in [-0.25, -0.2) is 9.37 Å². The van der Waals surface area contributed by atoms with Crippen LogP contribution in [0.5, 0.6) is 0 Å². The third-order valence-electron chi connectivity index (χ3n) is 5.08. The van der Waals surface area contributed by atoms with Gasteiger partial charge in [-0.2, -0.15) is 5.10 Å². The summed E-state index contributed by atoms with van der Waals surface area (Å²) in [5, 5.41) is 7.90. The Morgan fingerprint density at radius 2 is 2.15 bits per heavy atom. The van der Waals surface area contributed by atoms with Gasteiger partial charge in [0.05, 0.1) is 6.20 Å². The van der Waals surface area contributed by atoms with Gasteiger partial charge >= 0.3 is 0 Å². The second-order valence-corrected chi connectivity index (χ2v) is 6.81. The van der Waals surface area contributed by atoms with Crippen molar-refractivity contribution in [3.8, 4) is 0 Å². The molecule has 0 saturated carbocycles. The number of nitrogens with zero attached hydrogens (tertiary/aromatic N) is 3. The number of rotatable bonds is 4. The van der Waals surface area contributed by atoms with Crippen LogP contribution in [0.3, 0.4) is 0 Å². The van der Waals surface area contributed by atoms with E-state index in [0.29, 0.717) is 24.9 Å². The zero-order chi connectivity index (χ0) is 17.9. The topological polar surface area (TPSA) is 61.9 Å². The molecule has 1 saturated heterocycles. The first-order valence-corrected chi connectivity index (χ1v) is 9.02. The van der Waals surface area contributed by atoms with Crippen molar-refractivity contribution in [2.24, 2.45) is 0 Å².